The number of hydrogen-bond acceptors (Lipinski definition) is 7. The third kappa shape index (κ3) is 4.42. The Hall–Kier alpha value is -3.49. The molecule has 0 atom stereocenters. The smallest absolute Gasteiger partial charge is 0.278 e. The first-order chi connectivity index (χ1) is 15.7. The van der Waals surface area contributed by atoms with Crippen molar-refractivity contribution in [2.24, 2.45) is 0 Å². The number of aromatic amines is 1. The van der Waals surface area contributed by atoms with E-state index in [1.54, 1.807) is 7.11 Å². The molecule has 0 spiro atoms. The van der Waals surface area contributed by atoms with Gasteiger partial charge in [0.1, 0.15) is 17.3 Å². The highest BCUT2D eigenvalue weighted by atomic mass is 32.1. The van der Waals surface area contributed by atoms with E-state index in [4.69, 9.17) is 14.5 Å². The van der Waals surface area contributed by atoms with Gasteiger partial charge in [-0.1, -0.05) is 41.7 Å². The van der Waals surface area contributed by atoms with E-state index in [-0.39, 0.29) is 5.56 Å². The van der Waals surface area contributed by atoms with E-state index >= 15 is 0 Å². The molecular weight excluding hydrogens is 424 g/mol. The third-order valence-corrected chi connectivity index (χ3v) is 6.23. The van der Waals surface area contributed by atoms with Gasteiger partial charge in [-0.15, -0.1) is 0 Å². The Bertz CT molecular complexity index is 1270. The summed E-state index contributed by atoms with van der Waals surface area (Å²) in [5.41, 5.74) is 2.49. The van der Waals surface area contributed by atoms with Crippen LogP contribution in [0.3, 0.4) is 0 Å². The molecule has 2 aromatic heterocycles. The van der Waals surface area contributed by atoms with Crippen molar-refractivity contribution in [2.75, 3.05) is 13.7 Å². The summed E-state index contributed by atoms with van der Waals surface area (Å²) in [6, 6.07) is 17.1. The highest BCUT2D eigenvalue weighted by Crippen LogP contribution is 2.29. The first-order valence-electron chi connectivity index (χ1n) is 10.3. The van der Waals surface area contributed by atoms with Gasteiger partial charge >= 0.3 is 0 Å². The fraction of sp³-hybridized carbons (Fsp3) is 0.208. The molecule has 0 radical (unpaired) electrons. The summed E-state index contributed by atoms with van der Waals surface area (Å²) in [4.78, 5) is 28.1. The summed E-state index contributed by atoms with van der Waals surface area (Å²) >= 11 is 1.51. The standard InChI is InChI=1S/C24H22N4O3S/c1-30-17-7-9-18(10-8-17)31-24-25-13-19(32-24)14-28-12-11-21-20(15-28)23(29)27-22(26-21)16-5-3-2-4-6-16/h2-10,13H,11-12,14-15H2,1H3,(H,26,27,29). The number of nitrogens with zero attached hydrogens (tertiary/aromatic N) is 3. The maximum atomic E-state index is 12.7. The Morgan fingerprint density at radius 2 is 1.88 bits per heavy atom. The minimum absolute atomic E-state index is 0.0635. The quantitative estimate of drug-likeness (QED) is 0.477. The summed E-state index contributed by atoms with van der Waals surface area (Å²) in [6.07, 6.45) is 2.58. The van der Waals surface area contributed by atoms with E-state index in [1.165, 1.54) is 11.3 Å². The zero-order chi connectivity index (χ0) is 21.9. The van der Waals surface area contributed by atoms with Crippen LogP contribution >= 0.6 is 11.3 Å². The Labute approximate surface area is 189 Å². The van der Waals surface area contributed by atoms with Crippen LogP contribution in [0.5, 0.6) is 16.7 Å². The minimum atomic E-state index is -0.0635. The fourth-order valence-corrected chi connectivity index (χ4v) is 4.54. The predicted octanol–water partition coefficient (Wildman–Crippen LogP) is 4.25. The van der Waals surface area contributed by atoms with E-state index in [0.717, 1.165) is 40.4 Å². The molecule has 8 heteroatoms. The van der Waals surface area contributed by atoms with Crippen LogP contribution in [0.4, 0.5) is 0 Å². The number of hydrogen-bond donors (Lipinski definition) is 1. The number of ether oxygens (including phenoxy) is 2. The number of fused-ring (bicyclic) bond motifs is 1. The van der Waals surface area contributed by atoms with Crippen LogP contribution in [-0.2, 0) is 19.5 Å². The highest BCUT2D eigenvalue weighted by Gasteiger charge is 2.22. The highest BCUT2D eigenvalue weighted by molar-refractivity contribution is 7.13. The monoisotopic (exact) mass is 446 g/mol. The molecule has 0 saturated carbocycles. The Morgan fingerprint density at radius 3 is 2.66 bits per heavy atom. The van der Waals surface area contributed by atoms with Crippen molar-refractivity contribution >= 4 is 11.3 Å². The molecule has 162 valence electrons. The zero-order valence-corrected chi connectivity index (χ0v) is 18.4. The molecule has 0 saturated heterocycles. The molecule has 0 aliphatic carbocycles. The first-order valence-corrected chi connectivity index (χ1v) is 11.2. The number of benzene rings is 2. The Balaban J connectivity index is 1.26. The average Bonchev–Trinajstić information content (AvgIpc) is 3.27. The van der Waals surface area contributed by atoms with Gasteiger partial charge in [0.25, 0.3) is 10.8 Å². The van der Waals surface area contributed by atoms with Crippen molar-refractivity contribution in [3.63, 3.8) is 0 Å². The van der Waals surface area contributed by atoms with Gasteiger partial charge in [-0.25, -0.2) is 9.97 Å². The van der Waals surface area contributed by atoms with E-state index in [2.05, 4.69) is 14.9 Å². The largest absolute Gasteiger partial charge is 0.497 e. The van der Waals surface area contributed by atoms with Crippen LogP contribution in [0.1, 0.15) is 16.1 Å². The van der Waals surface area contributed by atoms with E-state index in [0.29, 0.717) is 29.9 Å². The van der Waals surface area contributed by atoms with Crippen LogP contribution in [0.15, 0.2) is 65.6 Å². The molecule has 2 aromatic carbocycles. The summed E-state index contributed by atoms with van der Waals surface area (Å²) in [5.74, 6) is 2.12. The maximum absolute atomic E-state index is 12.7. The van der Waals surface area contributed by atoms with E-state index in [1.807, 2.05) is 60.8 Å². The molecule has 1 aliphatic rings. The molecule has 0 unspecified atom stereocenters. The topological polar surface area (TPSA) is 80.3 Å². The number of aromatic nitrogens is 3. The summed E-state index contributed by atoms with van der Waals surface area (Å²) in [7, 11) is 1.63. The van der Waals surface area contributed by atoms with Crippen molar-refractivity contribution in [3.8, 4) is 28.1 Å². The Morgan fingerprint density at radius 1 is 1.09 bits per heavy atom. The summed E-state index contributed by atoms with van der Waals surface area (Å²) in [5, 5.41) is 0.592. The lowest BCUT2D eigenvalue weighted by molar-refractivity contribution is 0.244. The van der Waals surface area contributed by atoms with Gasteiger partial charge in [0, 0.05) is 42.7 Å². The fourth-order valence-electron chi connectivity index (χ4n) is 3.72. The maximum Gasteiger partial charge on any atom is 0.278 e. The van der Waals surface area contributed by atoms with Gasteiger partial charge < -0.3 is 14.5 Å². The Kier molecular flexibility index (Phi) is 5.70. The molecule has 0 fully saturated rings. The molecule has 1 aliphatic heterocycles. The number of nitrogens with one attached hydrogen (secondary N) is 1. The average molecular weight is 447 g/mol. The normalized spacial score (nSPS) is 13.5. The number of rotatable bonds is 6. The van der Waals surface area contributed by atoms with Crippen molar-refractivity contribution < 1.29 is 9.47 Å². The number of H-pyrrole nitrogens is 1. The van der Waals surface area contributed by atoms with E-state index in [9.17, 15) is 4.79 Å². The second-order valence-corrected chi connectivity index (χ2v) is 8.61. The minimum Gasteiger partial charge on any atom is -0.497 e. The van der Waals surface area contributed by atoms with Gasteiger partial charge in [-0.3, -0.25) is 9.69 Å². The van der Waals surface area contributed by atoms with Crippen molar-refractivity contribution in [1.82, 2.24) is 19.9 Å². The second-order valence-electron chi connectivity index (χ2n) is 7.54. The van der Waals surface area contributed by atoms with E-state index < -0.39 is 0 Å². The summed E-state index contributed by atoms with van der Waals surface area (Å²) < 4.78 is 11.0. The van der Waals surface area contributed by atoms with Crippen LogP contribution in [0.25, 0.3) is 11.4 Å². The summed E-state index contributed by atoms with van der Waals surface area (Å²) in [6.45, 7) is 2.12. The van der Waals surface area contributed by atoms with Gasteiger partial charge in [0.2, 0.25) is 0 Å². The molecule has 7 nitrogen and oxygen atoms in total. The molecule has 32 heavy (non-hydrogen) atoms. The van der Waals surface area contributed by atoms with Crippen molar-refractivity contribution in [1.29, 1.82) is 0 Å². The number of methoxy groups -OCH3 is 1. The molecule has 4 aromatic rings. The lowest BCUT2D eigenvalue weighted by atomic mass is 10.1. The molecule has 5 rings (SSSR count). The van der Waals surface area contributed by atoms with Crippen molar-refractivity contribution in [2.45, 2.75) is 19.5 Å². The number of thiazole rings is 1. The lowest BCUT2D eigenvalue weighted by Gasteiger charge is -2.27. The van der Waals surface area contributed by atoms with Gasteiger partial charge in [0.15, 0.2) is 0 Å². The second kappa shape index (κ2) is 8.94. The third-order valence-electron chi connectivity index (χ3n) is 5.37. The van der Waals surface area contributed by atoms with Gasteiger partial charge in [0.05, 0.1) is 18.4 Å². The van der Waals surface area contributed by atoms with Gasteiger partial charge in [-0.05, 0) is 24.3 Å². The van der Waals surface area contributed by atoms with Crippen molar-refractivity contribution in [3.05, 3.63) is 87.3 Å². The molecular formula is C24H22N4O3S. The SMILES string of the molecule is COc1ccc(Oc2ncc(CN3CCc4nc(-c5ccccc5)[nH]c(=O)c4C3)s2)cc1. The molecule has 0 amide bonds. The van der Waals surface area contributed by atoms with Crippen LogP contribution in [-0.4, -0.2) is 33.5 Å². The first kappa shape index (κ1) is 20.4. The molecule has 0 bridgehead atoms. The van der Waals surface area contributed by atoms with Crippen LogP contribution in [0.2, 0.25) is 0 Å². The predicted molar refractivity (Wildman–Crippen MR) is 123 cm³/mol. The van der Waals surface area contributed by atoms with Crippen LogP contribution in [0, 0.1) is 0 Å². The molecule has 3 heterocycles. The molecule has 1 N–H and O–H groups in total. The van der Waals surface area contributed by atoms with Crippen LogP contribution < -0.4 is 15.0 Å². The van der Waals surface area contributed by atoms with Gasteiger partial charge in [-0.2, -0.15) is 0 Å². The lowest BCUT2D eigenvalue weighted by Crippen LogP contribution is -2.35. The zero-order valence-electron chi connectivity index (χ0n) is 17.6.